The molecule has 1 aliphatic carbocycles. The van der Waals surface area contributed by atoms with Crippen molar-refractivity contribution in [2.75, 3.05) is 6.54 Å². The molecule has 0 heterocycles. The first kappa shape index (κ1) is 15.4. The molecule has 1 unspecified atom stereocenters. The van der Waals surface area contributed by atoms with Crippen molar-refractivity contribution >= 4 is 29.1 Å². The van der Waals surface area contributed by atoms with Gasteiger partial charge in [0.15, 0.2) is 0 Å². The number of halogens is 2. The first-order valence-electron chi connectivity index (χ1n) is 6.57. The molecule has 2 N–H and O–H groups in total. The number of carbonyl (C=O) groups is 1. The molecule has 0 saturated heterocycles. The monoisotopic (exact) mass is 313 g/mol. The predicted octanol–water partition coefficient (Wildman–Crippen LogP) is 3.50. The minimum atomic E-state index is -0.921. The first-order valence-corrected chi connectivity index (χ1v) is 7.32. The van der Waals surface area contributed by atoms with Crippen molar-refractivity contribution < 1.29 is 9.90 Å². The van der Waals surface area contributed by atoms with E-state index in [4.69, 9.17) is 23.2 Å². The number of rotatable bonds is 5. The van der Waals surface area contributed by atoms with Crippen molar-refractivity contribution in [3.05, 3.63) is 45.5 Å². The number of aliphatic hydroxyl groups is 1. The van der Waals surface area contributed by atoms with Crippen LogP contribution in [0.15, 0.2) is 29.8 Å². The zero-order valence-electron chi connectivity index (χ0n) is 11.2. The van der Waals surface area contributed by atoms with Crippen LogP contribution in [-0.2, 0) is 4.79 Å². The molecule has 5 heteroatoms. The largest absolute Gasteiger partial charge is 0.386 e. The van der Waals surface area contributed by atoms with E-state index >= 15 is 0 Å². The van der Waals surface area contributed by atoms with Crippen molar-refractivity contribution in [2.24, 2.45) is 5.92 Å². The van der Waals surface area contributed by atoms with E-state index < -0.39 is 6.10 Å². The van der Waals surface area contributed by atoms with Crippen LogP contribution >= 0.6 is 23.2 Å². The van der Waals surface area contributed by atoms with E-state index in [0.717, 1.165) is 18.4 Å². The van der Waals surface area contributed by atoms with Crippen LogP contribution in [0.2, 0.25) is 10.0 Å². The third kappa shape index (κ3) is 3.98. The molecule has 0 spiro atoms. The molecule has 0 aliphatic heterocycles. The summed E-state index contributed by atoms with van der Waals surface area (Å²) >= 11 is 12.0. The standard InChI is InChI=1S/C15H17Cl2NO2/c1-9(10-5-6-10)7-14(20)18-8-13(19)15-11(16)3-2-4-12(15)17/h2-4,7,10,13,19H,5-6,8H2,1H3,(H,18,20)/b9-7-. The zero-order chi connectivity index (χ0) is 14.7. The Kier molecular flexibility index (Phi) is 5.08. The van der Waals surface area contributed by atoms with Crippen LogP contribution in [0.25, 0.3) is 0 Å². The van der Waals surface area contributed by atoms with E-state index in [1.165, 1.54) is 0 Å². The lowest BCUT2D eigenvalue weighted by atomic mass is 10.1. The number of amides is 1. The Morgan fingerprint density at radius 3 is 2.60 bits per heavy atom. The summed E-state index contributed by atoms with van der Waals surface area (Å²) in [6.07, 6.45) is 2.99. The van der Waals surface area contributed by atoms with Gasteiger partial charge < -0.3 is 10.4 Å². The molecule has 20 heavy (non-hydrogen) atoms. The maximum absolute atomic E-state index is 11.7. The summed E-state index contributed by atoms with van der Waals surface area (Å²) in [5.41, 5.74) is 1.53. The Labute approximate surface area is 128 Å². The molecule has 1 aromatic rings. The Morgan fingerprint density at radius 1 is 1.45 bits per heavy atom. The van der Waals surface area contributed by atoms with Crippen molar-refractivity contribution in [1.29, 1.82) is 0 Å². The van der Waals surface area contributed by atoms with Gasteiger partial charge in [-0.1, -0.05) is 34.8 Å². The average Bonchev–Trinajstić information content (AvgIpc) is 3.20. The summed E-state index contributed by atoms with van der Waals surface area (Å²) in [7, 11) is 0. The molecule has 1 atom stereocenters. The number of allylic oxidation sites excluding steroid dienone is 1. The average molecular weight is 314 g/mol. The molecule has 1 saturated carbocycles. The fourth-order valence-electron chi connectivity index (χ4n) is 2.04. The van der Waals surface area contributed by atoms with E-state index in [1.807, 2.05) is 6.92 Å². The highest BCUT2D eigenvalue weighted by atomic mass is 35.5. The van der Waals surface area contributed by atoms with Gasteiger partial charge in [0.2, 0.25) is 5.91 Å². The molecule has 0 aromatic heterocycles. The molecular formula is C15H17Cl2NO2. The molecule has 1 aromatic carbocycles. The summed E-state index contributed by atoms with van der Waals surface area (Å²) in [6.45, 7) is 2.04. The second-order valence-corrected chi connectivity index (χ2v) is 5.87. The number of aliphatic hydroxyl groups excluding tert-OH is 1. The molecule has 108 valence electrons. The first-order chi connectivity index (χ1) is 9.49. The molecule has 1 fully saturated rings. The van der Waals surface area contributed by atoms with E-state index in [9.17, 15) is 9.90 Å². The van der Waals surface area contributed by atoms with Gasteiger partial charge in [0.25, 0.3) is 0 Å². The van der Waals surface area contributed by atoms with Crippen LogP contribution in [0.3, 0.4) is 0 Å². The number of hydrogen-bond acceptors (Lipinski definition) is 2. The van der Waals surface area contributed by atoms with Crippen LogP contribution in [0, 0.1) is 5.92 Å². The van der Waals surface area contributed by atoms with E-state index in [0.29, 0.717) is 21.5 Å². The van der Waals surface area contributed by atoms with Gasteiger partial charge in [-0.25, -0.2) is 0 Å². The number of benzene rings is 1. The smallest absolute Gasteiger partial charge is 0.244 e. The third-order valence-electron chi connectivity index (χ3n) is 3.38. The predicted molar refractivity (Wildman–Crippen MR) is 80.9 cm³/mol. The number of carbonyl (C=O) groups excluding carboxylic acids is 1. The second-order valence-electron chi connectivity index (χ2n) is 5.06. The van der Waals surface area contributed by atoms with Gasteiger partial charge >= 0.3 is 0 Å². The lowest BCUT2D eigenvalue weighted by Gasteiger charge is -2.14. The van der Waals surface area contributed by atoms with Crippen LogP contribution in [-0.4, -0.2) is 17.6 Å². The van der Waals surface area contributed by atoms with Crippen LogP contribution in [0.1, 0.15) is 31.4 Å². The Bertz CT molecular complexity index is 518. The SMILES string of the molecule is C/C(=C/C(=O)NCC(O)c1c(Cl)cccc1Cl)C1CC1. The lowest BCUT2D eigenvalue weighted by molar-refractivity contribution is -0.117. The molecule has 1 amide bonds. The van der Waals surface area contributed by atoms with Crippen LogP contribution in [0.5, 0.6) is 0 Å². The Morgan fingerprint density at radius 2 is 2.05 bits per heavy atom. The Hall–Kier alpha value is -1.03. The highest BCUT2D eigenvalue weighted by Gasteiger charge is 2.23. The molecule has 1 aliphatic rings. The normalized spacial score (nSPS) is 16.9. The topological polar surface area (TPSA) is 49.3 Å². The maximum Gasteiger partial charge on any atom is 0.244 e. The number of hydrogen-bond donors (Lipinski definition) is 2. The lowest BCUT2D eigenvalue weighted by Crippen LogP contribution is -2.27. The fourth-order valence-corrected chi connectivity index (χ4v) is 2.69. The summed E-state index contributed by atoms with van der Waals surface area (Å²) < 4.78 is 0. The van der Waals surface area contributed by atoms with Crippen molar-refractivity contribution in [1.82, 2.24) is 5.32 Å². The minimum Gasteiger partial charge on any atom is -0.386 e. The summed E-state index contributed by atoms with van der Waals surface area (Å²) in [6, 6.07) is 5.02. The maximum atomic E-state index is 11.7. The van der Waals surface area contributed by atoms with Gasteiger partial charge in [0, 0.05) is 28.2 Å². The van der Waals surface area contributed by atoms with Gasteiger partial charge in [-0.3, -0.25) is 4.79 Å². The van der Waals surface area contributed by atoms with E-state index in [1.54, 1.807) is 24.3 Å². The van der Waals surface area contributed by atoms with Gasteiger partial charge in [-0.15, -0.1) is 0 Å². The van der Waals surface area contributed by atoms with Gasteiger partial charge in [-0.05, 0) is 37.8 Å². The van der Waals surface area contributed by atoms with Crippen LogP contribution < -0.4 is 5.32 Å². The summed E-state index contributed by atoms with van der Waals surface area (Å²) in [5, 5.41) is 13.5. The minimum absolute atomic E-state index is 0.0801. The highest BCUT2D eigenvalue weighted by Crippen LogP contribution is 2.35. The summed E-state index contributed by atoms with van der Waals surface area (Å²) in [4.78, 5) is 11.7. The van der Waals surface area contributed by atoms with Gasteiger partial charge in [0.1, 0.15) is 0 Å². The van der Waals surface area contributed by atoms with Crippen molar-refractivity contribution in [3.8, 4) is 0 Å². The highest BCUT2D eigenvalue weighted by molar-refractivity contribution is 6.36. The number of nitrogens with one attached hydrogen (secondary N) is 1. The zero-order valence-corrected chi connectivity index (χ0v) is 12.7. The third-order valence-corrected chi connectivity index (χ3v) is 4.04. The van der Waals surface area contributed by atoms with Gasteiger partial charge in [-0.2, -0.15) is 0 Å². The van der Waals surface area contributed by atoms with Gasteiger partial charge in [0.05, 0.1) is 6.10 Å². The molecule has 3 nitrogen and oxygen atoms in total. The quantitative estimate of drug-likeness (QED) is 0.817. The molecule has 0 bridgehead atoms. The second kappa shape index (κ2) is 6.61. The molecule has 0 radical (unpaired) electrons. The fraction of sp³-hybridized carbons (Fsp3) is 0.400. The van der Waals surface area contributed by atoms with Crippen molar-refractivity contribution in [3.63, 3.8) is 0 Å². The van der Waals surface area contributed by atoms with Crippen LogP contribution in [0.4, 0.5) is 0 Å². The molecule has 2 rings (SSSR count). The summed E-state index contributed by atoms with van der Waals surface area (Å²) in [5.74, 6) is 0.361. The van der Waals surface area contributed by atoms with E-state index in [-0.39, 0.29) is 12.5 Å². The van der Waals surface area contributed by atoms with Crippen molar-refractivity contribution in [2.45, 2.75) is 25.9 Å². The van der Waals surface area contributed by atoms with E-state index in [2.05, 4.69) is 5.32 Å². The Balaban J connectivity index is 1.93. The molecular weight excluding hydrogens is 297 g/mol.